The molecule has 2 aliphatic rings. The lowest BCUT2D eigenvalue weighted by atomic mass is 10.1. The summed E-state index contributed by atoms with van der Waals surface area (Å²) in [5.41, 5.74) is 2.13. The van der Waals surface area contributed by atoms with E-state index in [9.17, 15) is 4.79 Å². The fourth-order valence-electron chi connectivity index (χ4n) is 4.31. The van der Waals surface area contributed by atoms with Crippen LogP contribution in [0.1, 0.15) is 31.7 Å². The molecule has 2 fully saturated rings. The zero-order chi connectivity index (χ0) is 22.2. The Labute approximate surface area is 189 Å². The van der Waals surface area contributed by atoms with Crippen LogP contribution in [0.3, 0.4) is 0 Å². The van der Waals surface area contributed by atoms with Crippen LogP contribution in [0, 0.1) is 0 Å². The molecule has 172 valence electrons. The molecular weight excluding hydrogens is 404 g/mol. The molecule has 0 radical (unpaired) electrons. The fourth-order valence-corrected chi connectivity index (χ4v) is 4.31. The number of carbonyl (C=O) groups excluding carboxylic acids is 1. The number of hydrogen-bond acceptors (Lipinski definition) is 5. The van der Waals surface area contributed by atoms with Crippen LogP contribution >= 0.6 is 0 Å². The summed E-state index contributed by atoms with van der Waals surface area (Å²) in [7, 11) is 0. The van der Waals surface area contributed by atoms with Crippen molar-refractivity contribution in [3.8, 4) is 11.4 Å². The number of piperidine rings is 1. The summed E-state index contributed by atoms with van der Waals surface area (Å²) in [5.74, 6) is 1.97. The summed E-state index contributed by atoms with van der Waals surface area (Å²) < 4.78 is 0. The number of carbonyl (C=O) groups is 1. The van der Waals surface area contributed by atoms with Gasteiger partial charge in [-0.05, 0) is 37.8 Å². The molecule has 2 saturated heterocycles. The third-order valence-corrected chi connectivity index (χ3v) is 6.10. The van der Waals surface area contributed by atoms with E-state index in [-0.39, 0.29) is 5.91 Å². The van der Waals surface area contributed by atoms with Crippen LogP contribution in [-0.2, 0) is 11.3 Å². The molecule has 3 heterocycles. The molecule has 32 heavy (non-hydrogen) atoms. The van der Waals surface area contributed by atoms with E-state index < -0.39 is 0 Å². The van der Waals surface area contributed by atoms with Crippen LogP contribution in [0.15, 0.2) is 35.6 Å². The highest BCUT2D eigenvalue weighted by Gasteiger charge is 2.24. The van der Waals surface area contributed by atoms with Gasteiger partial charge in [0, 0.05) is 51.4 Å². The van der Waals surface area contributed by atoms with Gasteiger partial charge in [0.2, 0.25) is 5.91 Å². The van der Waals surface area contributed by atoms with Crippen LogP contribution in [0.5, 0.6) is 0 Å². The van der Waals surface area contributed by atoms with E-state index in [2.05, 4.69) is 49.4 Å². The minimum atomic E-state index is 0.283. The first-order chi connectivity index (χ1) is 15.7. The maximum atomic E-state index is 12.6. The first-order valence-corrected chi connectivity index (χ1v) is 11.7. The summed E-state index contributed by atoms with van der Waals surface area (Å²) in [6.07, 6.45) is 5.05. The molecular formula is C23H34N8O. The Bertz CT molecular complexity index is 883. The van der Waals surface area contributed by atoms with Gasteiger partial charge in [-0.25, -0.2) is 9.98 Å². The van der Waals surface area contributed by atoms with E-state index in [1.807, 2.05) is 17.0 Å². The monoisotopic (exact) mass is 438 g/mol. The molecule has 2 aromatic rings. The number of amides is 1. The molecule has 1 amide bonds. The van der Waals surface area contributed by atoms with Gasteiger partial charge in [-0.1, -0.05) is 18.2 Å². The number of aromatic amines is 1. The lowest BCUT2D eigenvalue weighted by Gasteiger charge is -2.37. The van der Waals surface area contributed by atoms with Crippen LogP contribution in [0.2, 0.25) is 0 Å². The minimum Gasteiger partial charge on any atom is -0.357 e. The van der Waals surface area contributed by atoms with E-state index in [1.54, 1.807) is 0 Å². The Morgan fingerprint density at radius 2 is 1.91 bits per heavy atom. The van der Waals surface area contributed by atoms with Crippen LogP contribution in [0.25, 0.3) is 11.4 Å². The van der Waals surface area contributed by atoms with Crippen molar-refractivity contribution in [3.63, 3.8) is 0 Å². The molecule has 4 rings (SSSR count). The van der Waals surface area contributed by atoms with Crippen LogP contribution in [0.4, 0.5) is 0 Å². The molecule has 0 bridgehead atoms. The van der Waals surface area contributed by atoms with Crippen molar-refractivity contribution in [2.75, 3.05) is 52.4 Å². The van der Waals surface area contributed by atoms with Gasteiger partial charge in [0.05, 0.1) is 13.1 Å². The van der Waals surface area contributed by atoms with Crippen LogP contribution < -0.4 is 5.32 Å². The molecule has 9 nitrogen and oxygen atoms in total. The molecule has 1 aromatic heterocycles. The highest BCUT2D eigenvalue weighted by molar-refractivity contribution is 5.80. The fraction of sp³-hybridized carbons (Fsp3) is 0.565. The quantitative estimate of drug-likeness (QED) is 0.525. The van der Waals surface area contributed by atoms with Crippen molar-refractivity contribution in [3.05, 3.63) is 36.2 Å². The van der Waals surface area contributed by atoms with E-state index in [0.29, 0.717) is 13.1 Å². The van der Waals surface area contributed by atoms with Gasteiger partial charge in [0.15, 0.2) is 11.8 Å². The topological polar surface area (TPSA) is 92.7 Å². The van der Waals surface area contributed by atoms with Gasteiger partial charge in [0.25, 0.3) is 0 Å². The average Bonchev–Trinajstić information content (AvgIpc) is 3.38. The standard InChI is InChI=1S/C23H34N8O/c1-2-24-23(25-16-19-7-6-8-20(15-19)22-26-18-27-28-22)31-13-11-29(12-14-31)17-21(32)30-9-4-3-5-10-30/h6-8,15,18H,2-5,9-14,16-17H2,1H3,(H,24,25)(H,26,27,28). The summed E-state index contributed by atoms with van der Waals surface area (Å²) in [6.45, 7) is 9.40. The second-order valence-corrected chi connectivity index (χ2v) is 8.41. The predicted octanol–water partition coefficient (Wildman–Crippen LogP) is 1.57. The maximum absolute atomic E-state index is 12.6. The third kappa shape index (κ3) is 5.85. The summed E-state index contributed by atoms with van der Waals surface area (Å²) in [6, 6.07) is 8.21. The van der Waals surface area contributed by atoms with Crippen LogP contribution in [-0.4, -0.2) is 94.1 Å². The molecule has 2 N–H and O–H groups in total. The highest BCUT2D eigenvalue weighted by Crippen LogP contribution is 2.16. The average molecular weight is 439 g/mol. The van der Waals surface area contributed by atoms with Crippen molar-refractivity contribution >= 4 is 11.9 Å². The zero-order valence-corrected chi connectivity index (χ0v) is 19.0. The number of nitrogens with zero attached hydrogens (tertiary/aromatic N) is 6. The Hall–Kier alpha value is -2.94. The number of rotatable bonds is 6. The van der Waals surface area contributed by atoms with Gasteiger partial charge in [-0.3, -0.25) is 14.8 Å². The number of benzene rings is 1. The van der Waals surface area contributed by atoms with Crippen molar-refractivity contribution in [1.82, 2.24) is 35.2 Å². The van der Waals surface area contributed by atoms with E-state index in [1.165, 1.54) is 12.7 Å². The second kappa shape index (κ2) is 11.1. The van der Waals surface area contributed by atoms with Crippen molar-refractivity contribution in [2.45, 2.75) is 32.7 Å². The van der Waals surface area contributed by atoms with Gasteiger partial charge < -0.3 is 15.1 Å². The predicted molar refractivity (Wildman–Crippen MR) is 125 cm³/mol. The molecule has 0 unspecified atom stereocenters. The largest absolute Gasteiger partial charge is 0.357 e. The molecule has 0 aliphatic carbocycles. The Balaban J connectivity index is 1.32. The molecule has 0 atom stereocenters. The minimum absolute atomic E-state index is 0.283. The number of H-pyrrole nitrogens is 1. The zero-order valence-electron chi connectivity index (χ0n) is 19.0. The highest BCUT2D eigenvalue weighted by atomic mass is 16.2. The van der Waals surface area contributed by atoms with E-state index in [0.717, 1.165) is 81.6 Å². The van der Waals surface area contributed by atoms with Gasteiger partial charge in [-0.15, -0.1) is 0 Å². The first kappa shape index (κ1) is 22.3. The molecule has 0 saturated carbocycles. The lowest BCUT2D eigenvalue weighted by Crippen LogP contribution is -2.54. The Morgan fingerprint density at radius 1 is 1.09 bits per heavy atom. The van der Waals surface area contributed by atoms with E-state index >= 15 is 0 Å². The third-order valence-electron chi connectivity index (χ3n) is 6.10. The SMILES string of the molecule is CCNC(=NCc1cccc(-c2ncn[nH]2)c1)N1CCN(CC(=O)N2CCCCC2)CC1. The first-order valence-electron chi connectivity index (χ1n) is 11.7. The Morgan fingerprint density at radius 3 is 2.62 bits per heavy atom. The van der Waals surface area contributed by atoms with Gasteiger partial charge in [-0.2, -0.15) is 5.10 Å². The number of nitrogens with one attached hydrogen (secondary N) is 2. The number of hydrogen-bond donors (Lipinski definition) is 2. The molecule has 1 aromatic carbocycles. The summed E-state index contributed by atoms with van der Waals surface area (Å²) in [5, 5.41) is 10.3. The molecule has 0 spiro atoms. The summed E-state index contributed by atoms with van der Waals surface area (Å²) >= 11 is 0. The van der Waals surface area contributed by atoms with Crippen molar-refractivity contribution in [2.24, 2.45) is 4.99 Å². The number of piperazine rings is 1. The number of guanidine groups is 1. The normalized spacial score (nSPS) is 18.1. The Kier molecular flexibility index (Phi) is 7.71. The van der Waals surface area contributed by atoms with Gasteiger partial charge in [0.1, 0.15) is 6.33 Å². The van der Waals surface area contributed by atoms with Crippen molar-refractivity contribution < 1.29 is 4.79 Å². The molecule has 9 heteroatoms. The number of likely N-dealkylation sites (tertiary alicyclic amines) is 1. The number of aliphatic imine (C=N–C) groups is 1. The van der Waals surface area contributed by atoms with E-state index in [4.69, 9.17) is 4.99 Å². The smallest absolute Gasteiger partial charge is 0.236 e. The van der Waals surface area contributed by atoms with Gasteiger partial charge >= 0.3 is 0 Å². The maximum Gasteiger partial charge on any atom is 0.236 e. The number of aromatic nitrogens is 3. The summed E-state index contributed by atoms with van der Waals surface area (Å²) in [4.78, 5) is 28.3. The second-order valence-electron chi connectivity index (χ2n) is 8.41. The molecule has 2 aliphatic heterocycles. The van der Waals surface area contributed by atoms with Crippen molar-refractivity contribution in [1.29, 1.82) is 0 Å². The lowest BCUT2D eigenvalue weighted by molar-refractivity contribution is -0.133.